The van der Waals surface area contributed by atoms with Gasteiger partial charge in [0.25, 0.3) is 0 Å². The van der Waals surface area contributed by atoms with E-state index in [4.69, 9.17) is 0 Å². The van der Waals surface area contributed by atoms with E-state index in [1.54, 1.807) is 0 Å². The molecule has 0 aliphatic rings. The molecule has 0 saturated heterocycles. The summed E-state index contributed by atoms with van der Waals surface area (Å²) < 4.78 is 0. The standard InChI is InChI=1S/C11H20.H3P/c1-4-6-8-10-11(3)9-7-5-2;/h4-7,11H,8-10H2,1-3H3;1H3. The minimum atomic E-state index is 0. The van der Waals surface area contributed by atoms with Gasteiger partial charge in [0.1, 0.15) is 0 Å². The molecule has 0 aromatic heterocycles. The molecule has 0 aromatic carbocycles. The van der Waals surface area contributed by atoms with E-state index in [1.807, 2.05) is 0 Å². The van der Waals surface area contributed by atoms with Gasteiger partial charge in [-0.2, -0.15) is 9.90 Å². The van der Waals surface area contributed by atoms with Crippen molar-refractivity contribution in [1.82, 2.24) is 0 Å². The highest BCUT2D eigenvalue weighted by molar-refractivity contribution is 6.92. The van der Waals surface area contributed by atoms with Gasteiger partial charge in [-0.05, 0) is 39.0 Å². The van der Waals surface area contributed by atoms with Crippen molar-refractivity contribution in [3.8, 4) is 0 Å². The van der Waals surface area contributed by atoms with Gasteiger partial charge in [-0.3, -0.25) is 0 Å². The smallest absolute Gasteiger partial charge is 0.0325 e. The summed E-state index contributed by atoms with van der Waals surface area (Å²) in [6.45, 7) is 6.47. The fraction of sp³-hybridized carbons (Fsp3) is 0.636. The fourth-order valence-electron chi connectivity index (χ4n) is 1.03. The molecule has 0 aliphatic heterocycles. The van der Waals surface area contributed by atoms with Crippen molar-refractivity contribution in [2.45, 2.75) is 40.0 Å². The number of allylic oxidation sites excluding steroid dienone is 4. The average Bonchev–Trinajstić information content (AvgIpc) is 2.01. The Balaban J connectivity index is 0. The van der Waals surface area contributed by atoms with Gasteiger partial charge in [-0.1, -0.05) is 31.2 Å². The summed E-state index contributed by atoms with van der Waals surface area (Å²) in [5.41, 5.74) is 0. The minimum absolute atomic E-state index is 0. The largest absolute Gasteiger partial charge is 0.153 e. The monoisotopic (exact) mass is 186 g/mol. The maximum atomic E-state index is 2.31. The molecular weight excluding hydrogens is 163 g/mol. The molecule has 0 rings (SSSR count). The van der Waals surface area contributed by atoms with Crippen LogP contribution in [0.1, 0.15) is 40.0 Å². The lowest BCUT2D eigenvalue weighted by Gasteiger charge is -2.04. The van der Waals surface area contributed by atoms with Gasteiger partial charge in [0.05, 0.1) is 0 Å². The van der Waals surface area contributed by atoms with E-state index >= 15 is 0 Å². The lowest BCUT2D eigenvalue weighted by Crippen LogP contribution is -1.90. The Morgan fingerprint density at radius 1 is 1.08 bits per heavy atom. The van der Waals surface area contributed by atoms with E-state index < -0.39 is 0 Å². The molecule has 0 amide bonds. The second-order valence-electron chi connectivity index (χ2n) is 3.06. The third-order valence-electron chi connectivity index (χ3n) is 1.84. The van der Waals surface area contributed by atoms with Crippen LogP contribution in [0, 0.1) is 5.92 Å². The molecule has 0 bridgehead atoms. The molecule has 0 fully saturated rings. The summed E-state index contributed by atoms with van der Waals surface area (Å²) in [6.07, 6.45) is 12.5. The van der Waals surface area contributed by atoms with Crippen molar-refractivity contribution in [2.75, 3.05) is 0 Å². The van der Waals surface area contributed by atoms with Gasteiger partial charge in [-0.25, -0.2) is 0 Å². The van der Waals surface area contributed by atoms with E-state index in [0.29, 0.717) is 0 Å². The van der Waals surface area contributed by atoms with Crippen LogP contribution in [0.5, 0.6) is 0 Å². The molecule has 0 spiro atoms. The predicted octanol–water partition coefficient (Wildman–Crippen LogP) is 4.00. The molecule has 0 nitrogen and oxygen atoms in total. The second-order valence-corrected chi connectivity index (χ2v) is 3.06. The van der Waals surface area contributed by atoms with Crippen LogP contribution in [-0.4, -0.2) is 0 Å². The van der Waals surface area contributed by atoms with Gasteiger partial charge in [0.2, 0.25) is 0 Å². The Labute approximate surface area is 80.8 Å². The van der Waals surface area contributed by atoms with Crippen molar-refractivity contribution >= 4 is 9.90 Å². The Morgan fingerprint density at radius 2 is 1.67 bits per heavy atom. The van der Waals surface area contributed by atoms with Crippen LogP contribution in [-0.2, 0) is 0 Å². The lowest BCUT2D eigenvalue weighted by molar-refractivity contribution is 0.546. The third-order valence-corrected chi connectivity index (χ3v) is 1.84. The molecule has 2 unspecified atom stereocenters. The van der Waals surface area contributed by atoms with Crippen molar-refractivity contribution in [2.24, 2.45) is 5.92 Å². The fourth-order valence-corrected chi connectivity index (χ4v) is 1.03. The molecule has 0 heterocycles. The first kappa shape index (κ1) is 14.4. The lowest BCUT2D eigenvalue weighted by atomic mass is 10.0. The molecule has 0 N–H and O–H groups in total. The zero-order chi connectivity index (χ0) is 8.53. The molecule has 0 saturated carbocycles. The van der Waals surface area contributed by atoms with Crippen LogP contribution < -0.4 is 0 Å². The van der Waals surface area contributed by atoms with Crippen molar-refractivity contribution in [3.63, 3.8) is 0 Å². The molecule has 1 heteroatoms. The van der Waals surface area contributed by atoms with E-state index in [2.05, 4.69) is 45.1 Å². The van der Waals surface area contributed by atoms with Crippen molar-refractivity contribution < 1.29 is 0 Å². The Hall–Kier alpha value is -0.0900. The zero-order valence-corrected chi connectivity index (χ0v) is 10.1. The van der Waals surface area contributed by atoms with Crippen LogP contribution in [0.3, 0.4) is 0 Å². The maximum absolute atomic E-state index is 2.31. The minimum Gasteiger partial charge on any atom is -0.153 e. The number of rotatable bonds is 5. The molecule has 0 radical (unpaired) electrons. The van der Waals surface area contributed by atoms with Gasteiger partial charge >= 0.3 is 0 Å². The van der Waals surface area contributed by atoms with E-state index in [1.165, 1.54) is 19.3 Å². The molecule has 12 heavy (non-hydrogen) atoms. The summed E-state index contributed by atoms with van der Waals surface area (Å²) in [6, 6.07) is 0. The highest BCUT2D eigenvalue weighted by Crippen LogP contribution is 2.10. The van der Waals surface area contributed by atoms with Gasteiger partial charge in [-0.15, -0.1) is 0 Å². The first-order valence-corrected chi connectivity index (χ1v) is 4.53. The highest BCUT2D eigenvalue weighted by atomic mass is 31.0. The topological polar surface area (TPSA) is 0 Å². The Bertz CT molecular complexity index is 125. The molecular formula is C11H23P. The quantitative estimate of drug-likeness (QED) is 0.449. The highest BCUT2D eigenvalue weighted by Gasteiger charge is 1.95. The van der Waals surface area contributed by atoms with Crippen LogP contribution >= 0.6 is 9.90 Å². The Morgan fingerprint density at radius 3 is 2.17 bits per heavy atom. The molecule has 2 atom stereocenters. The third kappa shape index (κ3) is 9.91. The maximum Gasteiger partial charge on any atom is -0.0325 e. The van der Waals surface area contributed by atoms with E-state index in [9.17, 15) is 0 Å². The first-order valence-electron chi connectivity index (χ1n) is 4.53. The van der Waals surface area contributed by atoms with Crippen LogP contribution in [0.2, 0.25) is 0 Å². The average molecular weight is 186 g/mol. The van der Waals surface area contributed by atoms with E-state index in [0.717, 1.165) is 5.92 Å². The van der Waals surface area contributed by atoms with Crippen LogP contribution in [0.25, 0.3) is 0 Å². The second kappa shape index (κ2) is 10.9. The predicted molar refractivity (Wildman–Crippen MR) is 63.7 cm³/mol. The SMILES string of the molecule is CC=CCCC(C)CC=CC.P. The summed E-state index contributed by atoms with van der Waals surface area (Å²) in [5.74, 6) is 0.836. The van der Waals surface area contributed by atoms with Gasteiger partial charge in [0.15, 0.2) is 0 Å². The van der Waals surface area contributed by atoms with Crippen molar-refractivity contribution in [3.05, 3.63) is 24.3 Å². The molecule has 0 aromatic rings. The summed E-state index contributed by atoms with van der Waals surface area (Å²) in [4.78, 5) is 0. The normalized spacial score (nSPS) is 13.6. The molecule has 0 aliphatic carbocycles. The summed E-state index contributed by atoms with van der Waals surface area (Å²) in [5, 5.41) is 0. The van der Waals surface area contributed by atoms with Crippen LogP contribution in [0.15, 0.2) is 24.3 Å². The van der Waals surface area contributed by atoms with Crippen LogP contribution in [0.4, 0.5) is 0 Å². The van der Waals surface area contributed by atoms with Gasteiger partial charge in [0, 0.05) is 0 Å². The zero-order valence-electron chi connectivity index (χ0n) is 8.72. The van der Waals surface area contributed by atoms with Gasteiger partial charge < -0.3 is 0 Å². The number of hydrogen-bond donors (Lipinski definition) is 0. The summed E-state index contributed by atoms with van der Waals surface area (Å²) >= 11 is 0. The Kier molecular flexibility index (Phi) is 13.1. The number of hydrogen-bond acceptors (Lipinski definition) is 0. The van der Waals surface area contributed by atoms with Crippen molar-refractivity contribution in [1.29, 1.82) is 0 Å². The van der Waals surface area contributed by atoms with E-state index in [-0.39, 0.29) is 9.90 Å². The molecule has 72 valence electrons. The summed E-state index contributed by atoms with van der Waals surface area (Å²) in [7, 11) is 0. The first-order chi connectivity index (χ1) is 5.31.